The molecule has 7 aromatic rings. The summed E-state index contributed by atoms with van der Waals surface area (Å²) in [6.45, 7) is 26.6. The molecule has 0 spiro atoms. The number of hydrogen-bond acceptors (Lipinski definition) is 11. The Hall–Kier alpha value is -5.60. The molecule has 7 N–H and O–H groups in total. The number of anilines is 2. The number of aryl methyl sites for hydroxylation is 2. The summed E-state index contributed by atoms with van der Waals surface area (Å²) in [7, 11) is -0.451. The van der Waals surface area contributed by atoms with Crippen LogP contribution in [-0.2, 0) is 28.9 Å². The van der Waals surface area contributed by atoms with Gasteiger partial charge in [-0.1, -0.05) is 24.3 Å². The average molecular weight is 1050 g/mol. The molecule has 0 aliphatic carbocycles. The number of aromatic amines is 1. The second-order valence-corrected chi connectivity index (χ2v) is 21.8. The summed E-state index contributed by atoms with van der Waals surface area (Å²) in [5.74, 6) is 1.58. The first-order valence-electron chi connectivity index (χ1n) is 22.5. The van der Waals surface area contributed by atoms with Crippen LogP contribution in [0, 0.1) is 13.8 Å². The van der Waals surface area contributed by atoms with Crippen LogP contribution in [0.15, 0.2) is 82.1 Å². The highest BCUT2D eigenvalue weighted by atomic mass is 79.9. The van der Waals surface area contributed by atoms with Crippen LogP contribution in [0.3, 0.4) is 0 Å². The molecule has 3 aliphatic rings. The van der Waals surface area contributed by atoms with Gasteiger partial charge in [-0.05, 0) is 145 Å². The van der Waals surface area contributed by atoms with E-state index in [2.05, 4.69) is 127 Å². The highest BCUT2D eigenvalue weighted by Crippen LogP contribution is 2.37. The van der Waals surface area contributed by atoms with Crippen LogP contribution in [0.4, 0.5) is 21.2 Å². The van der Waals surface area contributed by atoms with Gasteiger partial charge in [0.1, 0.15) is 11.6 Å². The quantitative estimate of drug-likeness (QED) is 0.0896. The fourth-order valence-corrected chi connectivity index (χ4v) is 8.36. The molecule has 0 atom stereocenters. The maximum Gasteiger partial charge on any atom is 0.497 e. The maximum absolute atomic E-state index is 11.8. The van der Waals surface area contributed by atoms with Gasteiger partial charge in [0.2, 0.25) is 0 Å². The summed E-state index contributed by atoms with van der Waals surface area (Å²) < 4.78 is 17.7. The number of H-pyrrole nitrogens is 1. The number of benzene rings is 2. The lowest BCUT2D eigenvalue weighted by Gasteiger charge is -2.32. The second-order valence-electron chi connectivity index (χ2n) is 20.0. The van der Waals surface area contributed by atoms with E-state index in [1.807, 2.05) is 80.8 Å². The predicted octanol–water partition coefficient (Wildman–Crippen LogP) is 9.69. The Morgan fingerprint density at radius 2 is 1.24 bits per heavy atom. The number of hydrogen-bond donors (Lipinski definition) is 6. The van der Waals surface area contributed by atoms with Crippen LogP contribution < -0.4 is 32.5 Å². The molecule has 0 bridgehead atoms. The Balaban J connectivity index is 0.000000148. The molecular formula is C49H61BBr2N12O4. The lowest BCUT2D eigenvalue weighted by atomic mass is 9.78. The number of nitrogens with two attached hydrogens (primary N) is 1. The van der Waals surface area contributed by atoms with Gasteiger partial charge < -0.3 is 41.3 Å². The summed E-state index contributed by atoms with van der Waals surface area (Å²) >= 11 is 6.57. The highest BCUT2D eigenvalue weighted by Gasteiger charge is 2.52. The zero-order valence-corrected chi connectivity index (χ0v) is 43.9. The number of carbonyl (C=O) groups is 2. The Morgan fingerprint density at radius 1 is 0.721 bits per heavy atom. The number of carbonyl (C=O) groups excluding carboxylic acids is 2. The average Bonchev–Trinajstić information content (AvgIpc) is 4.10. The third-order valence-corrected chi connectivity index (χ3v) is 12.4. The molecule has 1 saturated heterocycles. The van der Waals surface area contributed by atoms with E-state index in [9.17, 15) is 9.59 Å². The van der Waals surface area contributed by atoms with Gasteiger partial charge in [-0.25, -0.2) is 29.5 Å². The van der Waals surface area contributed by atoms with Crippen molar-refractivity contribution in [2.24, 2.45) is 5.73 Å². The molecule has 3 aliphatic heterocycles. The number of fused-ring (bicyclic) bond motifs is 4. The molecule has 68 heavy (non-hydrogen) atoms. The number of amides is 2. The van der Waals surface area contributed by atoms with E-state index in [0.717, 1.165) is 87.7 Å². The zero-order chi connectivity index (χ0) is 49.5. The van der Waals surface area contributed by atoms with E-state index in [0.29, 0.717) is 19.6 Å². The van der Waals surface area contributed by atoms with Gasteiger partial charge in [0.25, 0.3) is 0 Å². The molecule has 10 rings (SSSR count). The minimum Gasteiger partial charge on any atom is -0.399 e. The lowest BCUT2D eigenvalue weighted by Crippen LogP contribution is -2.41. The van der Waals surface area contributed by atoms with E-state index in [1.54, 1.807) is 15.3 Å². The van der Waals surface area contributed by atoms with E-state index in [-0.39, 0.29) is 34.3 Å². The summed E-state index contributed by atoms with van der Waals surface area (Å²) in [6.07, 6.45) is 5.49. The highest BCUT2D eigenvalue weighted by molar-refractivity contribution is 9.10. The Labute approximate surface area is 414 Å². The molecule has 0 saturated carbocycles. The van der Waals surface area contributed by atoms with Crippen molar-refractivity contribution >= 4 is 90.2 Å². The molecule has 19 heteroatoms. The van der Waals surface area contributed by atoms with E-state index < -0.39 is 7.12 Å². The summed E-state index contributed by atoms with van der Waals surface area (Å²) in [5.41, 5.74) is 15.4. The Morgan fingerprint density at radius 3 is 1.72 bits per heavy atom. The number of nitrogens with one attached hydrogen (secondary N) is 5. The van der Waals surface area contributed by atoms with Gasteiger partial charge in [0, 0.05) is 78.8 Å². The molecule has 8 heterocycles. The molecule has 0 radical (unpaired) electrons. The largest absolute Gasteiger partial charge is 0.497 e. The van der Waals surface area contributed by atoms with Crippen molar-refractivity contribution in [2.45, 2.75) is 125 Å². The van der Waals surface area contributed by atoms with Gasteiger partial charge >= 0.3 is 19.2 Å². The molecule has 16 nitrogen and oxygen atoms in total. The lowest BCUT2D eigenvalue weighted by molar-refractivity contribution is 0.00578. The van der Waals surface area contributed by atoms with Gasteiger partial charge in [0.15, 0.2) is 0 Å². The van der Waals surface area contributed by atoms with E-state index in [1.165, 1.54) is 0 Å². The molecule has 2 amide bonds. The van der Waals surface area contributed by atoms with Crippen LogP contribution in [-0.4, -0.2) is 75.5 Å². The van der Waals surface area contributed by atoms with Crippen LogP contribution in [0.2, 0.25) is 0 Å². The third-order valence-electron chi connectivity index (χ3n) is 11.5. The number of rotatable bonds is 5. The molecule has 1 fully saturated rings. The van der Waals surface area contributed by atoms with E-state index >= 15 is 0 Å². The fraction of sp³-hybridized carbons (Fsp3) is 0.388. The van der Waals surface area contributed by atoms with Crippen molar-refractivity contribution in [3.05, 3.63) is 111 Å². The fourth-order valence-electron chi connectivity index (χ4n) is 7.50. The first-order chi connectivity index (χ1) is 31.8. The first kappa shape index (κ1) is 50.3. The number of para-hydroxylation sites is 2. The minimum absolute atomic E-state index is 0.0410. The van der Waals surface area contributed by atoms with Crippen molar-refractivity contribution in [1.29, 1.82) is 0 Å². The normalized spacial score (nSPS) is 15.6. The van der Waals surface area contributed by atoms with Crippen molar-refractivity contribution in [3.8, 4) is 11.1 Å². The second kappa shape index (κ2) is 19.4. The summed E-state index contributed by atoms with van der Waals surface area (Å²) in [5, 5.41) is 12.4. The smallest absolute Gasteiger partial charge is 0.399 e. The molecule has 358 valence electrons. The maximum atomic E-state index is 11.8. The Bertz CT molecular complexity index is 2990. The molecular weight excluding hydrogens is 991 g/mol. The minimum atomic E-state index is -0.451. The summed E-state index contributed by atoms with van der Waals surface area (Å²) in [6, 6.07) is 17.7. The van der Waals surface area contributed by atoms with Crippen molar-refractivity contribution in [1.82, 2.24) is 44.7 Å². The van der Waals surface area contributed by atoms with Crippen molar-refractivity contribution in [3.63, 3.8) is 0 Å². The molecule has 0 unspecified atom stereocenters. The standard InChI is InChI=1S/C19H28BN3O2.C19H21N5O.C6H5BrN2O.C5H7BrN2/c1-12-16(23-17(2,3)4)22-15-13(10-9-11-14(15)21-12)20-24-18(5,6)19(7,8)25-20;1-11-17(23-19(2,3)4)22-16-14(6-5-7-15(16)21-11)12-8-13-9-20-18(25)24(13)10-12;7-4-1-5-2-8-6(10)9(5)3-4;6-4-1-5(2-7)8-3-4/h9-11H,1-8H3,(H,22,23);5-8,10H,9H2,1-4H3,(H,20,25)(H,22,23);1,3H,2H2,(H,8,10);1,3,8H,2,7H2. The van der Waals surface area contributed by atoms with Crippen LogP contribution in [0.1, 0.15) is 97.7 Å². The molecule has 5 aromatic heterocycles. The third kappa shape index (κ3) is 11.5. The van der Waals surface area contributed by atoms with Gasteiger partial charge in [-0.3, -0.25) is 9.13 Å². The van der Waals surface area contributed by atoms with E-state index in [4.69, 9.17) is 35.0 Å². The van der Waals surface area contributed by atoms with Gasteiger partial charge in [-0.2, -0.15) is 0 Å². The number of halogens is 2. The monoisotopic (exact) mass is 1050 g/mol. The van der Waals surface area contributed by atoms with Crippen LogP contribution in [0.5, 0.6) is 0 Å². The topological polar surface area (TPSA) is 204 Å². The molecule has 2 aromatic carbocycles. The van der Waals surface area contributed by atoms with Crippen molar-refractivity contribution in [2.75, 3.05) is 10.6 Å². The van der Waals surface area contributed by atoms with Gasteiger partial charge in [-0.15, -0.1) is 0 Å². The predicted molar refractivity (Wildman–Crippen MR) is 278 cm³/mol. The zero-order valence-electron chi connectivity index (χ0n) is 40.8. The SMILES string of the molecule is Cc1nc2cccc(-c3cc4n(c3)C(=O)NC4)c2nc1NC(C)(C)C.Cc1nc2cccc(B3OC(C)(C)C(C)(C)O3)c2nc1NC(C)(C)C.NCc1cc(Br)c[nH]1.O=C1NCc2cc(Br)cn21. The number of nitrogens with zero attached hydrogens (tertiary/aromatic N) is 6. The van der Waals surface area contributed by atoms with Gasteiger partial charge in [0.05, 0.1) is 57.7 Å². The first-order valence-corrected chi connectivity index (χ1v) is 24.0. The summed E-state index contributed by atoms with van der Waals surface area (Å²) in [4.78, 5) is 44.9. The number of aromatic nitrogens is 7. The van der Waals surface area contributed by atoms with Crippen molar-refractivity contribution < 1.29 is 18.9 Å². The van der Waals surface area contributed by atoms with Crippen LogP contribution in [0.25, 0.3) is 33.2 Å². The van der Waals surface area contributed by atoms with Crippen LogP contribution >= 0.6 is 31.9 Å². The Kier molecular flexibility index (Phi) is 14.4.